The van der Waals surface area contributed by atoms with E-state index < -0.39 is 33.7 Å². The lowest BCUT2D eigenvalue weighted by Gasteiger charge is -2.13. The van der Waals surface area contributed by atoms with Crippen LogP contribution in [0.15, 0.2) is 17.0 Å². The Bertz CT molecular complexity index is 579. The molecule has 0 saturated carbocycles. The third-order valence-corrected chi connectivity index (χ3v) is 2.99. The van der Waals surface area contributed by atoms with Crippen LogP contribution in [0.25, 0.3) is 0 Å². The van der Waals surface area contributed by atoms with Crippen molar-refractivity contribution in [3.63, 3.8) is 0 Å². The van der Waals surface area contributed by atoms with Crippen molar-refractivity contribution in [2.75, 3.05) is 6.61 Å². The summed E-state index contributed by atoms with van der Waals surface area (Å²) in [4.78, 5) is 22.0. The summed E-state index contributed by atoms with van der Waals surface area (Å²) in [6.45, 7) is 1.41. The van der Waals surface area contributed by atoms with Crippen LogP contribution in [0.1, 0.15) is 33.2 Å². The normalized spacial score (nSPS) is 10.8. The first kappa shape index (κ1) is 16.0. The molecule has 0 saturated heterocycles. The van der Waals surface area contributed by atoms with Crippen molar-refractivity contribution < 1.29 is 27.5 Å². The molecule has 1 aromatic rings. The number of carbonyl (C=O) groups is 2. The van der Waals surface area contributed by atoms with Gasteiger partial charge in [-0.3, -0.25) is 4.79 Å². The van der Waals surface area contributed by atoms with Crippen molar-refractivity contribution in [3.8, 4) is 6.07 Å². The van der Waals surface area contributed by atoms with Crippen LogP contribution < -0.4 is 0 Å². The number of nitriles is 1. The molecule has 8 heteroatoms. The lowest BCUT2D eigenvalue weighted by molar-refractivity contribution is -0.0328. The largest absolute Gasteiger partial charge is 0.462 e. The molecular weight excluding hydrogens is 295 g/mol. The second-order valence-corrected chi connectivity index (χ2v) is 4.48. The minimum Gasteiger partial charge on any atom is -0.462 e. The van der Waals surface area contributed by atoms with Gasteiger partial charge in [0.15, 0.2) is 6.29 Å². The number of aldehydes is 1. The monoisotopic (exact) mass is 303 g/mol. The fourth-order valence-corrected chi connectivity index (χ4v) is 2.18. The molecule has 0 N–H and O–H groups in total. The second-order valence-electron chi connectivity index (χ2n) is 3.40. The Morgan fingerprint density at radius 2 is 2.15 bits per heavy atom. The van der Waals surface area contributed by atoms with E-state index in [1.807, 2.05) is 0 Å². The van der Waals surface area contributed by atoms with E-state index in [4.69, 9.17) is 5.26 Å². The molecule has 1 rings (SSSR count). The molecule has 0 fully saturated rings. The first-order chi connectivity index (χ1) is 9.34. The third kappa shape index (κ3) is 3.74. The first-order valence-corrected chi connectivity index (χ1v) is 6.10. The Morgan fingerprint density at radius 1 is 1.50 bits per heavy atom. The molecule has 0 spiro atoms. The average Bonchev–Trinajstić information content (AvgIpc) is 2.36. The Kier molecular flexibility index (Phi) is 5.16. The summed E-state index contributed by atoms with van der Waals surface area (Å²) < 4.78 is 42.2. The van der Waals surface area contributed by atoms with E-state index in [2.05, 4.69) is 4.74 Å². The molecule has 0 radical (unpaired) electrons. The Hall–Kier alpha value is -2.01. The van der Waals surface area contributed by atoms with Crippen LogP contribution in [-0.4, -0.2) is 24.4 Å². The highest BCUT2D eigenvalue weighted by Gasteiger charge is 2.34. The minimum absolute atomic E-state index is 0.0654. The van der Waals surface area contributed by atoms with E-state index in [0.29, 0.717) is 0 Å². The fraction of sp³-hybridized carbons (Fsp3) is 0.250. The molecule has 4 nitrogen and oxygen atoms in total. The number of benzene rings is 1. The highest BCUT2D eigenvalue weighted by Crippen LogP contribution is 2.41. The number of thioether (sulfide) groups is 1. The molecule has 0 aromatic heterocycles. The SMILES string of the molecule is CCOC(=O)c1c(C=O)ccc(C#N)c1SC(F)(F)F. The summed E-state index contributed by atoms with van der Waals surface area (Å²) in [6, 6.07) is 3.73. The number of esters is 1. The molecule has 0 aliphatic heterocycles. The van der Waals surface area contributed by atoms with Crippen LogP contribution in [-0.2, 0) is 4.74 Å². The van der Waals surface area contributed by atoms with Crippen LogP contribution in [0.2, 0.25) is 0 Å². The van der Waals surface area contributed by atoms with E-state index in [1.165, 1.54) is 6.92 Å². The standard InChI is InChI=1S/C12H8F3NO3S/c1-2-19-11(18)9-8(6-17)4-3-7(5-16)10(9)20-12(13,14)15/h3-4,6H,2H2,1H3. The summed E-state index contributed by atoms with van der Waals surface area (Å²) in [5.41, 5.74) is -5.84. The summed E-state index contributed by atoms with van der Waals surface area (Å²) in [5, 5.41) is 8.84. The molecule has 1 aromatic carbocycles. The average molecular weight is 303 g/mol. The predicted octanol–water partition coefficient (Wildman–Crippen LogP) is 3.16. The maximum Gasteiger partial charge on any atom is 0.446 e. The highest BCUT2D eigenvalue weighted by molar-refractivity contribution is 8.00. The van der Waals surface area contributed by atoms with Crippen LogP contribution in [0, 0.1) is 11.3 Å². The first-order valence-electron chi connectivity index (χ1n) is 5.29. The summed E-state index contributed by atoms with van der Waals surface area (Å²) in [6.07, 6.45) is 0.244. The van der Waals surface area contributed by atoms with Gasteiger partial charge in [0.25, 0.3) is 0 Å². The molecule has 0 aliphatic carbocycles. The van der Waals surface area contributed by atoms with Gasteiger partial charge in [-0.25, -0.2) is 4.79 Å². The Labute approximate surface area is 116 Å². The van der Waals surface area contributed by atoms with E-state index in [0.717, 1.165) is 12.1 Å². The number of hydrogen-bond acceptors (Lipinski definition) is 5. The van der Waals surface area contributed by atoms with Crippen molar-refractivity contribution in [2.45, 2.75) is 17.3 Å². The van der Waals surface area contributed by atoms with Gasteiger partial charge < -0.3 is 4.74 Å². The molecule has 0 heterocycles. The third-order valence-electron chi connectivity index (χ3n) is 2.13. The van der Waals surface area contributed by atoms with Crippen LogP contribution in [0.3, 0.4) is 0 Å². The van der Waals surface area contributed by atoms with Gasteiger partial charge in [0, 0.05) is 10.5 Å². The zero-order valence-electron chi connectivity index (χ0n) is 10.2. The zero-order chi connectivity index (χ0) is 15.3. The van der Waals surface area contributed by atoms with E-state index in [9.17, 15) is 22.8 Å². The van der Waals surface area contributed by atoms with Crippen molar-refractivity contribution in [3.05, 3.63) is 28.8 Å². The van der Waals surface area contributed by atoms with Gasteiger partial charge in [-0.2, -0.15) is 18.4 Å². The molecule has 0 bridgehead atoms. The summed E-state index contributed by atoms with van der Waals surface area (Å²) in [7, 11) is 0. The maximum atomic E-state index is 12.5. The van der Waals surface area contributed by atoms with Crippen molar-refractivity contribution in [2.24, 2.45) is 0 Å². The van der Waals surface area contributed by atoms with Crippen molar-refractivity contribution in [1.29, 1.82) is 5.26 Å². The van der Waals surface area contributed by atoms with E-state index in [1.54, 1.807) is 6.07 Å². The fourth-order valence-electron chi connectivity index (χ4n) is 1.42. The minimum atomic E-state index is -4.70. The topological polar surface area (TPSA) is 67.2 Å². The number of rotatable bonds is 4. The summed E-state index contributed by atoms with van der Waals surface area (Å²) in [5.74, 6) is -1.07. The predicted molar refractivity (Wildman–Crippen MR) is 64.4 cm³/mol. The second kappa shape index (κ2) is 6.43. The molecule has 0 amide bonds. The van der Waals surface area contributed by atoms with Crippen molar-refractivity contribution in [1.82, 2.24) is 0 Å². The quantitative estimate of drug-likeness (QED) is 0.485. The van der Waals surface area contributed by atoms with Gasteiger partial charge >= 0.3 is 11.5 Å². The van der Waals surface area contributed by atoms with Crippen LogP contribution >= 0.6 is 11.8 Å². The summed E-state index contributed by atoms with van der Waals surface area (Å²) >= 11 is -0.620. The van der Waals surface area contributed by atoms with E-state index >= 15 is 0 Å². The lowest BCUT2D eigenvalue weighted by Crippen LogP contribution is -2.13. The zero-order valence-corrected chi connectivity index (χ0v) is 11.0. The van der Waals surface area contributed by atoms with E-state index in [-0.39, 0.29) is 24.0 Å². The van der Waals surface area contributed by atoms with Gasteiger partial charge in [0.1, 0.15) is 6.07 Å². The van der Waals surface area contributed by atoms with Gasteiger partial charge in [-0.05, 0) is 30.8 Å². The molecule has 0 atom stereocenters. The molecule has 0 aliphatic rings. The van der Waals surface area contributed by atoms with Crippen LogP contribution in [0.4, 0.5) is 13.2 Å². The van der Waals surface area contributed by atoms with Gasteiger partial charge in [-0.15, -0.1) is 0 Å². The number of carbonyl (C=O) groups excluding carboxylic acids is 2. The number of halogens is 3. The van der Waals surface area contributed by atoms with Gasteiger partial charge in [0.05, 0.1) is 17.7 Å². The van der Waals surface area contributed by atoms with Crippen LogP contribution in [0.5, 0.6) is 0 Å². The Morgan fingerprint density at radius 3 is 2.60 bits per heavy atom. The Balaban J connectivity index is 3.53. The molecule has 106 valence electrons. The number of alkyl halides is 3. The number of hydrogen-bond donors (Lipinski definition) is 0. The molecule has 0 unspecified atom stereocenters. The highest BCUT2D eigenvalue weighted by atomic mass is 32.2. The van der Waals surface area contributed by atoms with Crippen molar-refractivity contribution >= 4 is 24.0 Å². The smallest absolute Gasteiger partial charge is 0.446 e. The lowest BCUT2D eigenvalue weighted by atomic mass is 10.1. The van der Waals surface area contributed by atoms with Gasteiger partial charge in [-0.1, -0.05) is 0 Å². The molecular formula is C12H8F3NO3S. The number of ether oxygens (including phenoxy) is 1. The molecule has 20 heavy (non-hydrogen) atoms. The maximum absolute atomic E-state index is 12.5. The number of nitrogens with zero attached hydrogens (tertiary/aromatic N) is 1. The van der Waals surface area contributed by atoms with Gasteiger partial charge in [0.2, 0.25) is 0 Å².